The van der Waals surface area contributed by atoms with E-state index in [-0.39, 0.29) is 12.3 Å². The molecule has 0 aliphatic rings. The molecule has 0 atom stereocenters. The molecule has 0 aliphatic heterocycles. The molecule has 2 rings (SSSR count). The van der Waals surface area contributed by atoms with Gasteiger partial charge in [0.15, 0.2) is 11.5 Å². The molecule has 0 aliphatic carbocycles. The van der Waals surface area contributed by atoms with Gasteiger partial charge in [-0.2, -0.15) is 0 Å². The van der Waals surface area contributed by atoms with Crippen molar-refractivity contribution in [1.29, 1.82) is 0 Å². The normalized spacial score (nSPS) is 10.2. The van der Waals surface area contributed by atoms with Gasteiger partial charge >= 0.3 is 5.97 Å². The highest BCUT2D eigenvalue weighted by Crippen LogP contribution is 2.20. The molecule has 0 fully saturated rings. The topological polar surface area (TPSA) is 84.3 Å². The summed E-state index contributed by atoms with van der Waals surface area (Å²) in [6.07, 6.45) is 0. The van der Waals surface area contributed by atoms with Crippen LogP contribution < -0.4 is 10.1 Å². The van der Waals surface area contributed by atoms with Crippen molar-refractivity contribution in [2.45, 2.75) is 20.5 Å². The number of nitrogens with zero attached hydrogens (tertiary/aromatic N) is 2. The van der Waals surface area contributed by atoms with Crippen LogP contribution in [-0.2, 0) is 6.61 Å². The lowest BCUT2D eigenvalue weighted by Gasteiger charge is -2.10. The van der Waals surface area contributed by atoms with Crippen molar-refractivity contribution in [1.82, 2.24) is 9.97 Å². The number of aryl methyl sites for hydroxylation is 2. The molecule has 2 N–H and O–H groups in total. The summed E-state index contributed by atoms with van der Waals surface area (Å²) in [6.45, 7) is 4.04. The molecule has 1 aromatic carbocycles. The standard InChI is InChI=1S/C15H17N3O3/c1-9-4-5-10(2)12(6-9)21-8-14-17-11(15(19)20)7-13(16-3)18-14/h4-7H,8H2,1-3H3,(H,19,20)(H,16,17,18). The Morgan fingerprint density at radius 3 is 2.71 bits per heavy atom. The van der Waals surface area contributed by atoms with Crippen molar-refractivity contribution in [2.75, 3.05) is 12.4 Å². The lowest BCUT2D eigenvalue weighted by molar-refractivity contribution is 0.0689. The molecule has 1 heterocycles. The molecule has 0 spiro atoms. The Morgan fingerprint density at radius 1 is 1.29 bits per heavy atom. The third kappa shape index (κ3) is 3.68. The molecular weight excluding hydrogens is 270 g/mol. The van der Waals surface area contributed by atoms with E-state index in [2.05, 4.69) is 15.3 Å². The number of aromatic carboxylic acids is 1. The number of carboxylic acid groups (broad SMARTS) is 1. The Kier molecular flexibility index (Phi) is 4.37. The van der Waals surface area contributed by atoms with Gasteiger partial charge in [-0.05, 0) is 31.0 Å². The summed E-state index contributed by atoms with van der Waals surface area (Å²) in [4.78, 5) is 19.2. The molecule has 0 unspecified atom stereocenters. The first kappa shape index (κ1) is 14.8. The summed E-state index contributed by atoms with van der Waals surface area (Å²) in [5, 5.41) is 11.8. The number of rotatable bonds is 5. The first-order valence-electron chi connectivity index (χ1n) is 6.48. The highest BCUT2D eigenvalue weighted by Gasteiger charge is 2.11. The first-order chi connectivity index (χ1) is 9.99. The quantitative estimate of drug-likeness (QED) is 0.878. The molecule has 1 aromatic heterocycles. The van der Waals surface area contributed by atoms with Gasteiger partial charge in [-0.3, -0.25) is 0 Å². The number of anilines is 1. The van der Waals surface area contributed by atoms with Gasteiger partial charge in [0.2, 0.25) is 0 Å². The predicted octanol–water partition coefficient (Wildman–Crippen LogP) is 2.41. The molecule has 0 bridgehead atoms. The van der Waals surface area contributed by atoms with Crippen molar-refractivity contribution in [2.24, 2.45) is 0 Å². The van der Waals surface area contributed by atoms with E-state index in [0.29, 0.717) is 11.6 Å². The number of carbonyl (C=O) groups is 1. The zero-order valence-corrected chi connectivity index (χ0v) is 12.2. The molecule has 0 radical (unpaired) electrons. The van der Waals surface area contributed by atoms with Gasteiger partial charge < -0.3 is 15.2 Å². The fourth-order valence-corrected chi connectivity index (χ4v) is 1.80. The van der Waals surface area contributed by atoms with Crippen LogP contribution in [0.2, 0.25) is 0 Å². The lowest BCUT2D eigenvalue weighted by Crippen LogP contribution is -2.10. The Bertz CT molecular complexity index is 671. The number of nitrogens with one attached hydrogen (secondary N) is 1. The van der Waals surface area contributed by atoms with Crippen LogP contribution in [0.15, 0.2) is 24.3 Å². The summed E-state index contributed by atoms with van der Waals surface area (Å²) in [6, 6.07) is 7.28. The molecule has 0 amide bonds. The maximum atomic E-state index is 11.0. The van der Waals surface area contributed by atoms with Crippen molar-refractivity contribution in [3.63, 3.8) is 0 Å². The van der Waals surface area contributed by atoms with E-state index in [1.165, 1.54) is 6.07 Å². The largest absolute Gasteiger partial charge is 0.485 e. The fourth-order valence-electron chi connectivity index (χ4n) is 1.80. The second kappa shape index (κ2) is 6.21. The Hall–Kier alpha value is -2.63. The van der Waals surface area contributed by atoms with Crippen LogP contribution in [0.25, 0.3) is 0 Å². The number of hydrogen-bond acceptors (Lipinski definition) is 5. The number of ether oxygens (including phenoxy) is 1. The molecule has 21 heavy (non-hydrogen) atoms. The SMILES string of the molecule is CNc1cc(C(=O)O)nc(COc2cc(C)ccc2C)n1. The molecule has 0 saturated carbocycles. The first-order valence-corrected chi connectivity index (χ1v) is 6.48. The van der Waals surface area contributed by atoms with Gasteiger partial charge in [0.25, 0.3) is 0 Å². The predicted molar refractivity (Wildman–Crippen MR) is 78.8 cm³/mol. The highest BCUT2D eigenvalue weighted by atomic mass is 16.5. The Balaban J connectivity index is 2.21. The number of hydrogen-bond donors (Lipinski definition) is 2. The van der Waals surface area contributed by atoms with E-state index in [9.17, 15) is 4.79 Å². The van der Waals surface area contributed by atoms with Gasteiger partial charge in [-0.15, -0.1) is 0 Å². The van der Waals surface area contributed by atoms with Gasteiger partial charge in [0, 0.05) is 13.1 Å². The molecule has 110 valence electrons. The van der Waals surface area contributed by atoms with E-state index in [1.807, 2.05) is 32.0 Å². The van der Waals surface area contributed by atoms with Crippen molar-refractivity contribution >= 4 is 11.8 Å². The van der Waals surface area contributed by atoms with Crippen molar-refractivity contribution in [3.05, 3.63) is 46.9 Å². The second-order valence-electron chi connectivity index (χ2n) is 4.67. The van der Waals surface area contributed by atoms with E-state index in [4.69, 9.17) is 9.84 Å². The van der Waals surface area contributed by atoms with Crippen molar-refractivity contribution < 1.29 is 14.6 Å². The van der Waals surface area contributed by atoms with E-state index < -0.39 is 5.97 Å². The van der Waals surface area contributed by atoms with Crippen molar-refractivity contribution in [3.8, 4) is 5.75 Å². The third-order valence-corrected chi connectivity index (χ3v) is 2.95. The van der Waals surface area contributed by atoms with Crippen LogP contribution in [0.1, 0.15) is 27.4 Å². The Labute approximate surface area is 122 Å². The van der Waals surface area contributed by atoms with Crippen LogP contribution in [0.5, 0.6) is 5.75 Å². The molecule has 2 aromatic rings. The number of aromatic nitrogens is 2. The second-order valence-corrected chi connectivity index (χ2v) is 4.67. The molecule has 6 nitrogen and oxygen atoms in total. The van der Waals surface area contributed by atoms with Crippen LogP contribution in [0, 0.1) is 13.8 Å². The maximum absolute atomic E-state index is 11.0. The minimum Gasteiger partial charge on any atom is -0.485 e. The number of benzene rings is 1. The average Bonchev–Trinajstić information content (AvgIpc) is 2.47. The van der Waals surface area contributed by atoms with E-state index >= 15 is 0 Å². The van der Waals surface area contributed by atoms with Crippen LogP contribution in [0.3, 0.4) is 0 Å². The average molecular weight is 287 g/mol. The smallest absolute Gasteiger partial charge is 0.354 e. The zero-order valence-electron chi connectivity index (χ0n) is 12.2. The fraction of sp³-hybridized carbons (Fsp3) is 0.267. The lowest BCUT2D eigenvalue weighted by atomic mass is 10.1. The summed E-state index contributed by atoms with van der Waals surface area (Å²) >= 11 is 0. The van der Waals surface area contributed by atoms with Crippen LogP contribution >= 0.6 is 0 Å². The summed E-state index contributed by atoms with van der Waals surface area (Å²) in [7, 11) is 1.67. The highest BCUT2D eigenvalue weighted by molar-refractivity contribution is 5.86. The van der Waals surface area contributed by atoms with Gasteiger partial charge in [-0.25, -0.2) is 14.8 Å². The zero-order chi connectivity index (χ0) is 15.4. The van der Waals surface area contributed by atoms with Gasteiger partial charge in [0.05, 0.1) is 0 Å². The monoisotopic (exact) mass is 287 g/mol. The van der Waals surface area contributed by atoms with Crippen LogP contribution in [-0.4, -0.2) is 28.1 Å². The van der Waals surface area contributed by atoms with Gasteiger partial charge in [-0.1, -0.05) is 12.1 Å². The summed E-state index contributed by atoms with van der Waals surface area (Å²) in [5.74, 6) is 0.411. The van der Waals surface area contributed by atoms with Crippen LogP contribution in [0.4, 0.5) is 5.82 Å². The maximum Gasteiger partial charge on any atom is 0.354 e. The summed E-state index contributed by atoms with van der Waals surface area (Å²) < 4.78 is 5.69. The minimum absolute atomic E-state index is 0.0612. The molecule has 6 heteroatoms. The van der Waals surface area contributed by atoms with Gasteiger partial charge in [0.1, 0.15) is 18.2 Å². The third-order valence-electron chi connectivity index (χ3n) is 2.95. The number of carboxylic acids is 1. The molecule has 0 saturated heterocycles. The Morgan fingerprint density at radius 2 is 2.05 bits per heavy atom. The molecular formula is C15H17N3O3. The summed E-state index contributed by atoms with van der Waals surface area (Å²) in [5.41, 5.74) is 2.03. The minimum atomic E-state index is -1.10. The van der Waals surface area contributed by atoms with E-state index in [0.717, 1.165) is 16.9 Å². The van der Waals surface area contributed by atoms with E-state index in [1.54, 1.807) is 7.05 Å².